The molecule has 0 atom stereocenters. The summed E-state index contributed by atoms with van der Waals surface area (Å²) >= 11 is 0. The molecule has 112 valence electrons. The quantitative estimate of drug-likeness (QED) is 0.811. The van der Waals surface area contributed by atoms with Gasteiger partial charge in [0.1, 0.15) is 0 Å². The van der Waals surface area contributed by atoms with Crippen LogP contribution >= 0.6 is 0 Å². The molecule has 0 aliphatic heterocycles. The van der Waals surface area contributed by atoms with Gasteiger partial charge in [0.25, 0.3) is 0 Å². The lowest BCUT2D eigenvalue weighted by molar-refractivity contribution is 0.581. The van der Waals surface area contributed by atoms with Crippen LogP contribution in [-0.4, -0.2) is 30.6 Å². The summed E-state index contributed by atoms with van der Waals surface area (Å²) in [5.41, 5.74) is 0.903. The van der Waals surface area contributed by atoms with E-state index in [9.17, 15) is 8.42 Å². The molecule has 0 saturated heterocycles. The van der Waals surface area contributed by atoms with Gasteiger partial charge in [0.15, 0.2) is 0 Å². The fourth-order valence-corrected chi connectivity index (χ4v) is 3.29. The van der Waals surface area contributed by atoms with Crippen molar-refractivity contribution in [3.05, 3.63) is 43.0 Å². The number of benzene rings is 1. The van der Waals surface area contributed by atoms with Crippen molar-refractivity contribution in [3.8, 4) is 0 Å². The molecule has 3 rings (SSSR count). The van der Waals surface area contributed by atoms with E-state index in [1.54, 1.807) is 36.8 Å². The van der Waals surface area contributed by atoms with Crippen LogP contribution in [0.3, 0.4) is 0 Å². The second kappa shape index (κ2) is 5.87. The molecule has 21 heavy (non-hydrogen) atoms. The number of imidazole rings is 1. The summed E-state index contributed by atoms with van der Waals surface area (Å²) in [4.78, 5) is 4.29. The summed E-state index contributed by atoms with van der Waals surface area (Å²) in [6.07, 6.45) is 7.29. The minimum Gasteiger partial charge on any atom is -0.383 e. The van der Waals surface area contributed by atoms with Crippen LogP contribution in [0.4, 0.5) is 5.69 Å². The van der Waals surface area contributed by atoms with Crippen molar-refractivity contribution in [2.75, 3.05) is 11.9 Å². The highest BCUT2D eigenvalue weighted by molar-refractivity contribution is 7.89. The molecular weight excluding hydrogens is 288 g/mol. The third-order valence-electron chi connectivity index (χ3n) is 3.32. The molecule has 1 aliphatic carbocycles. The number of aromatic nitrogens is 2. The predicted molar refractivity (Wildman–Crippen MR) is 80.5 cm³/mol. The second-order valence-electron chi connectivity index (χ2n) is 5.15. The molecular formula is C14H18N4O2S. The molecule has 7 heteroatoms. The average Bonchev–Trinajstić information content (AvgIpc) is 3.11. The standard InChI is InChI=1S/C14H18N4O2S/c19-21(20,17-13-1-2-13)14-5-3-12(4-6-14)16-8-10-18-9-7-15-11-18/h3-7,9,11,13,16-17H,1-2,8,10H2. The monoisotopic (exact) mass is 306 g/mol. The average molecular weight is 306 g/mol. The van der Waals surface area contributed by atoms with Crippen LogP contribution in [0.2, 0.25) is 0 Å². The third kappa shape index (κ3) is 3.83. The van der Waals surface area contributed by atoms with Gasteiger partial charge in [0.05, 0.1) is 11.2 Å². The Morgan fingerprint density at radius 3 is 2.62 bits per heavy atom. The van der Waals surface area contributed by atoms with Crippen LogP contribution in [0.15, 0.2) is 47.9 Å². The van der Waals surface area contributed by atoms with Crippen molar-refractivity contribution >= 4 is 15.7 Å². The van der Waals surface area contributed by atoms with Crippen LogP contribution in [0.5, 0.6) is 0 Å². The molecule has 2 N–H and O–H groups in total. The van der Waals surface area contributed by atoms with Crippen molar-refractivity contribution in [2.24, 2.45) is 0 Å². The van der Waals surface area contributed by atoms with Crippen LogP contribution < -0.4 is 10.0 Å². The largest absolute Gasteiger partial charge is 0.383 e. The summed E-state index contributed by atoms with van der Waals surface area (Å²) in [6, 6.07) is 6.96. The van der Waals surface area contributed by atoms with Crippen molar-refractivity contribution in [1.82, 2.24) is 14.3 Å². The Morgan fingerprint density at radius 2 is 2.00 bits per heavy atom. The first-order valence-corrected chi connectivity index (χ1v) is 8.44. The number of hydrogen-bond acceptors (Lipinski definition) is 4. The molecule has 0 radical (unpaired) electrons. The molecule has 0 spiro atoms. The molecule has 1 fully saturated rings. The first-order chi connectivity index (χ1) is 10.1. The highest BCUT2D eigenvalue weighted by Crippen LogP contribution is 2.22. The van der Waals surface area contributed by atoms with Gasteiger partial charge < -0.3 is 9.88 Å². The van der Waals surface area contributed by atoms with Gasteiger partial charge in [-0.15, -0.1) is 0 Å². The number of nitrogens with zero attached hydrogens (tertiary/aromatic N) is 2. The molecule has 0 unspecified atom stereocenters. The predicted octanol–water partition coefficient (Wildman–Crippen LogP) is 1.44. The Balaban J connectivity index is 1.56. The van der Waals surface area contributed by atoms with Gasteiger partial charge in [0, 0.05) is 37.2 Å². The van der Waals surface area contributed by atoms with Gasteiger partial charge in [-0.3, -0.25) is 0 Å². The second-order valence-corrected chi connectivity index (χ2v) is 6.86. The third-order valence-corrected chi connectivity index (χ3v) is 4.86. The van der Waals surface area contributed by atoms with E-state index in [-0.39, 0.29) is 6.04 Å². The zero-order valence-corrected chi connectivity index (χ0v) is 12.4. The smallest absolute Gasteiger partial charge is 0.240 e. The zero-order chi connectivity index (χ0) is 14.7. The van der Waals surface area contributed by atoms with E-state index in [0.717, 1.165) is 31.6 Å². The molecule has 6 nitrogen and oxygen atoms in total. The van der Waals surface area contributed by atoms with E-state index >= 15 is 0 Å². The summed E-state index contributed by atoms with van der Waals surface area (Å²) in [5.74, 6) is 0. The van der Waals surface area contributed by atoms with E-state index < -0.39 is 10.0 Å². The van der Waals surface area contributed by atoms with Crippen molar-refractivity contribution in [1.29, 1.82) is 0 Å². The fourth-order valence-electron chi connectivity index (χ4n) is 1.99. The molecule has 0 bridgehead atoms. The number of nitrogens with one attached hydrogen (secondary N) is 2. The van der Waals surface area contributed by atoms with Gasteiger partial charge in [0.2, 0.25) is 10.0 Å². The first kappa shape index (κ1) is 14.1. The maximum Gasteiger partial charge on any atom is 0.240 e. The molecule has 1 aliphatic rings. The van der Waals surface area contributed by atoms with Crippen LogP contribution in [0.25, 0.3) is 0 Å². The first-order valence-electron chi connectivity index (χ1n) is 6.95. The van der Waals surface area contributed by atoms with Gasteiger partial charge >= 0.3 is 0 Å². The maximum atomic E-state index is 12.0. The summed E-state index contributed by atoms with van der Waals surface area (Å²) in [7, 11) is -3.36. The van der Waals surface area contributed by atoms with Gasteiger partial charge in [-0.1, -0.05) is 0 Å². The molecule has 2 aromatic rings. The maximum absolute atomic E-state index is 12.0. The minimum absolute atomic E-state index is 0.128. The molecule has 1 aromatic carbocycles. The number of rotatable bonds is 7. The van der Waals surface area contributed by atoms with Gasteiger partial charge in [-0.25, -0.2) is 18.1 Å². The Labute approximate surface area is 124 Å². The minimum atomic E-state index is -3.36. The molecule has 1 saturated carbocycles. The molecule has 0 amide bonds. The van der Waals surface area contributed by atoms with Crippen LogP contribution in [0, 0.1) is 0 Å². The SMILES string of the molecule is O=S(=O)(NC1CC1)c1ccc(NCCn2ccnc2)cc1. The Hall–Kier alpha value is -1.86. The van der Waals surface area contributed by atoms with E-state index in [2.05, 4.69) is 15.0 Å². The lowest BCUT2D eigenvalue weighted by atomic mass is 10.3. The molecule has 1 aromatic heterocycles. The van der Waals surface area contributed by atoms with Crippen molar-refractivity contribution in [2.45, 2.75) is 30.3 Å². The van der Waals surface area contributed by atoms with Crippen LogP contribution in [-0.2, 0) is 16.6 Å². The Morgan fingerprint density at radius 1 is 1.24 bits per heavy atom. The van der Waals surface area contributed by atoms with Gasteiger partial charge in [-0.2, -0.15) is 0 Å². The van der Waals surface area contributed by atoms with E-state index in [0.29, 0.717) is 4.90 Å². The summed E-state index contributed by atoms with van der Waals surface area (Å²) in [5, 5.41) is 3.25. The lowest BCUT2D eigenvalue weighted by Gasteiger charge is -2.09. The van der Waals surface area contributed by atoms with E-state index in [1.165, 1.54) is 0 Å². The number of sulfonamides is 1. The Kier molecular flexibility index (Phi) is 3.94. The summed E-state index contributed by atoms with van der Waals surface area (Å²) < 4.78 is 28.7. The fraction of sp³-hybridized carbons (Fsp3) is 0.357. The van der Waals surface area contributed by atoms with Gasteiger partial charge in [-0.05, 0) is 37.1 Å². The topological polar surface area (TPSA) is 76.0 Å². The summed E-state index contributed by atoms with van der Waals surface area (Å²) in [6.45, 7) is 1.56. The van der Waals surface area contributed by atoms with E-state index in [1.807, 2.05) is 10.8 Å². The highest BCUT2D eigenvalue weighted by Gasteiger charge is 2.27. The normalized spacial score (nSPS) is 15.0. The van der Waals surface area contributed by atoms with Crippen molar-refractivity contribution < 1.29 is 8.42 Å². The number of anilines is 1. The van der Waals surface area contributed by atoms with Crippen molar-refractivity contribution in [3.63, 3.8) is 0 Å². The van der Waals surface area contributed by atoms with Crippen LogP contribution in [0.1, 0.15) is 12.8 Å². The number of hydrogen-bond donors (Lipinski definition) is 2. The molecule has 1 heterocycles. The Bertz CT molecular complexity index is 676. The zero-order valence-electron chi connectivity index (χ0n) is 11.6. The highest BCUT2D eigenvalue weighted by atomic mass is 32.2. The lowest BCUT2D eigenvalue weighted by Crippen LogP contribution is -2.25. The van der Waals surface area contributed by atoms with E-state index in [4.69, 9.17) is 0 Å².